The number of alkyl halides is 3. The van der Waals surface area contributed by atoms with Crippen LogP contribution in [0.3, 0.4) is 0 Å². The molecule has 0 spiro atoms. The first-order chi connectivity index (χ1) is 10.9. The van der Waals surface area contributed by atoms with E-state index in [1.807, 2.05) is 11.5 Å². The normalized spacial score (nSPS) is 20.8. The number of hydrogen-bond acceptors (Lipinski definition) is 4. The van der Waals surface area contributed by atoms with Crippen molar-refractivity contribution in [1.29, 1.82) is 0 Å². The van der Waals surface area contributed by atoms with Gasteiger partial charge in [0.2, 0.25) is 0 Å². The van der Waals surface area contributed by atoms with Gasteiger partial charge in [-0.1, -0.05) is 0 Å². The number of hydrogen-bond donors (Lipinski definition) is 1. The van der Waals surface area contributed by atoms with Crippen LogP contribution >= 0.6 is 0 Å². The van der Waals surface area contributed by atoms with E-state index in [1.54, 1.807) is 0 Å². The van der Waals surface area contributed by atoms with Gasteiger partial charge >= 0.3 is 6.18 Å². The molecular weight excluding hydrogens is 311 g/mol. The maximum atomic E-state index is 12.9. The summed E-state index contributed by atoms with van der Waals surface area (Å²) >= 11 is 0. The molecule has 3 rings (SSSR count). The van der Waals surface area contributed by atoms with Gasteiger partial charge < -0.3 is 19.8 Å². The molecule has 0 unspecified atom stereocenters. The number of nitrogens with two attached hydrogens (primary N) is 1. The molecule has 1 aromatic heterocycles. The molecule has 1 fully saturated rings. The fourth-order valence-corrected chi connectivity index (χ4v) is 2.79. The second-order valence-corrected chi connectivity index (χ2v) is 5.43. The fourth-order valence-electron chi connectivity index (χ4n) is 2.79. The first-order valence-electron chi connectivity index (χ1n) is 7.44. The Bertz CT molecular complexity index is 693. The van der Waals surface area contributed by atoms with Gasteiger partial charge in [-0.05, 0) is 25.1 Å². The van der Waals surface area contributed by atoms with E-state index in [1.165, 1.54) is 6.07 Å². The second-order valence-electron chi connectivity index (χ2n) is 5.43. The monoisotopic (exact) mass is 329 g/mol. The van der Waals surface area contributed by atoms with E-state index >= 15 is 0 Å². The zero-order valence-electron chi connectivity index (χ0n) is 12.6. The number of benzene rings is 1. The molecular formula is C15H18F3N3O2. The van der Waals surface area contributed by atoms with E-state index in [0.717, 1.165) is 12.1 Å². The van der Waals surface area contributed by atoms with Crippen molar-refractivity contribution in [2.24, 2.45) is 5.73 Å². The van der Waals surface area contributed by atoms with Crippen LogP contribution in [0.4, 0.5) is 13.2 Å². The van der Waals surface area contributed by atoms with Crippen LogP contribution in [0.1, 0.15) is 24.4 Å². The van der Waals surface area contributed by atoms with Gasteiger partial charge in [-0.25, -0.2) is 4.98 Å². The molecule has 0 bridgehead atoms. The minimum atomic E-state index is -4.40. The summed E-state index contributed by atoms with van der Waals surface area (Å²) in [6.45, 7) is 3.76. The topological polar surface area (TPSA) is 62.3 Å². The van der Waals surface area contributed by atoms with Gasteiger partial charge in [0.05, 0.1) is 42.5 Å². The highest BCUT2D eigenvalue weighted by Gasteiger charge is 2.32. The zero-order valence-corrected chi connectivity index (χ0v) is 12.6. The van der Waals surface area contributed by atoms with Crippen LogP contribution in [0.2, 0.25) is 0 Å². The molecule has 1 aliphatic rings. The minimum Gasteiger partial charge on any atom is -0.376 e. The molecule has 5 nitrogen and oxygen atoms in total. The first kappa shape index (κ1) is 16.2. The molecule has 0 amide bonds. The average molecular weight is 329 g/mol. The summed E-state index contributed by atoms with van der Waals surface area (Å²) in [6.07, 6.45) is -4.75. The van der Waals surface area contributed by atoms with Crippen LogP contribution < -0.4 is 5.73 Å². The maximum absolute atomic E-state index is 12.9. The number of halogens is 3. The SMILES string of the molecule is CCn1c([C@H](N)[C@@H]2COCCO2)nc2cc(C(F)(F)F)ccc21. The molecule has 23 heavy (non-hydrogen) atoms. The molecule has 1 aliphatic heterocycles. The van der Waals surface area contributed by atoms with Crippen molar-refractivity contribution in [2.75, 3.05) is 19.8 Å². The highest BCUT2D eigenvalue weighted by molar-refractivity contribution is 5.77. The average Bonchev–Trinajstić information content (AvgIpc) is 2.91. The van der Waals surface area contributed by atoms with Gasteiger partial charge in [-0.2, -0.15) is 13.2 Å². The van der Waals surface area contributed by atoms with Crippen molar-refractivity contribution in [2.45, 2.75) is 31.8 Å². The maximum Gasteiger partial charge on any atom is 0.416 e. The molecule has 2 heterocycles. The number of ether oxygens (including phenoxy) is 2. The van der Waals surface area contributed by atoms with E-state index < -0.39 is 17.8 Å². The summed E-state index contributed by atoms with van der Waals surface area (Å²) in [5.41, 5.74) is 6.41. The Morgan fingerprint density at radius 2 is 2.17 bits per heavy atom. The highest BCUT2D eigenvalue weighted by atomic mass is 19.4. The fraction of sp³-hybridized carbons (Fsp3) is 0.533. The Hall–Kier alpha value is -1.64. The summed E-state index contributed by atoms with van der Waals surface area (Å²) < 4.78 is 51.3. The number of aromatic nitrogens is 2. The van der Waals surface area contributed by atoms with Gasteiger partial charge in [0.1, 0.15) is 11.9 Å². The predicted molar refractivity (Wildman–Crippen MR) is 77.9 cm³/mol. The number of fused-ring (bicyclic) bond motifs is 1. The lowest BCUT2D eigenvalue weighted by atomic mass is 10.1. The number of nitrogens with zero attached hydrogens (tertiary/aromatic N) is 2. The lowest BCUT2D eigenvalue weighted by molar-refractivity contribution is -0.137. The zero-order chi connectivity index (χ0) is 16.6. The van der Waals surface area contributed by atoms with E-state index in [2.05, 4.69) is 4.98 Å². The van der Waals surface area contributed by atoms with Crippen molar-refractivity contribution in [3.05, 3.63) is 29.6 Å². The third-order valence-corrected chi connectivity index (χ3v) is 3.96. The van der Waals surface area contributed by atoms with Gasteiger partial charge in [0.15, 0.2) is 0 Å². The summed E-state index contributed by atoms with van der Waals surface area (Å²) in [7, 11) is 0. The van der Waals surface area contributed by atoms with E-state index in [9.17, 15) is 13.2 Å². The Kier molecular flexibility index (Phi) is 4.31. The number of imidazole rings is 1. The molecule has 0 saturated carbocycles. The van der Waals surface area contributed by atoms with Gasteiger partial charge in [0.25, 0.3) is 0 Å². The molecule has 2 aromatic rings. The number of rotatable bonds is 3. The minimum absolute atomic E-state index is 0.281. The van der Waals surface area contributed by atoms with Crippen molar-refractivity contribution in [1.82, 2.24) is 9.55 Å². The first-order valence-corrected chi connectivity index (χ1v) is 7.44. The predicted octanol–water partition coefficient (Wildman–Crippen LogP) is 2.49. The van der Waals surface area contributed by atoms with Crippen molar-refractivity contribution in [3.63, 3.8) is 0 Å². The van der Waals surface area contributed by atoms with Crippen LogP contribution in [-0.2, 0) is 22.2 Å². The van der Waals surface area contributed by atoms with Gasteiger partial charge in [0, 0.05) is 6.54 Å². The van der Waals surface area contributed by atoms with Crippen LogP contribution in [0.15, 0.2) is 18.2 Å². The lowest BCUT2D eigenvalue weighted by Gasteiger charge is -2.27. The molecule has 2 N–H and O–H groups in total. The van der Waals surface area contributed by atoms with E-state index in [-0.39, 0.29) is 11.6 Å². The standard InChI is InChI=1S/C15H18F3N3O2/c1-2-21-11-4-3-9(15(16,17)18)7-10(11)20-14(21)13(19)12-8-22-5-6-23-12/h3-4,7,12-13H,2,5-6,8,19H2,1H3/t12-,13+/m0/s1. The summed E-state index contributed by atoms with van der Waals surface area (Å²) in [6, 6.07) is 2.99. The highest BCUT2D eigenvalue weighted by Crippen LogP contribution is 2.32. The lowest BCUT2D eigenvalue weighted by Crippen LogP contribution is -2.39. The molecule has 8 heteroatoms. The Morgan fingerprint density at radius 3 is 2.78 bits per heavy atom. The molecule has 1 aromatic carbocycles. The molecule has 0 radical (unpaired) electrons. The van der Waals surface area contributed by atoms with Crippen LogP contribution in [-0.4, -0.2) is 35.5 Å². The Labute approximate surface area is 131 Å². The Balaban J connectivity index is 2.02. The largest absolute Gasteiger partial charge is 0.416 e. The van der Waals surface area contributed by atoms with Crippen molar-refractivity contribution < 1.29 is 22.6 Å². The van der Waals surface area contributed by atoms with Gasteiger partial charge in [-0.15, -0.1) is 0 Å². The quantitative estimate of drug-likeness (QED) is 0.940. The van der Waals surface area contributed by atoms with Crippen LogP contribution in [0.25, 0.3) is 11.0 Å². The summed E-state index contributed by atoms with van der Waals surface area (Å²) in [5.74, 6) is 0.511. The molecule has 0 aliphatic carbocycles. The smallest absolute Gasteiger partial charge is 0.376 e. The van der Waals surface area contributed by atoms with Crippen LogP contribution in [0.5, 0.6) is 0 Å². The van der Waals surface area contributed by atoms with Crippen molar-refractivity contribution in [3.8, 4) is 0 Å². The van der Waals surface area contributed by atoms with Crippen molar-refractivity contribution >= 4 is 11.0 Å². The third kappa shape index (κ3) is 3.06. The molecule has 1 saturated heterocycles. The molecule has 2 atom stereocenters. The Morgan fingerprint density at radius 1 is 1.39 bits per heavy atom. The third-order valence-electron chi connectivity index (χ3n) is 3.96. The van der Waals surface area contributed by atoms with Crippen LogP contribution in [0, 0.1) is 0 Å². The van der Waals surface area contributed by atoms with Gasteiger partial charge in [-0.3, -0.25) is 0 Å². The summed E-state index contributed by atoms with van der Waals surface area (Å²) in [4.78, 5) is 4.34. The second kappa shape index (κ2) is 6.10. The van der Waals surface area contributed by atoms with E-state index in [4.69, 9.17) is 15.2 Å². The molecule has 126 valence electrons. The summed E-state index contributed by atoms with van der Waals surface area (Å²) in [5, 5.41) is 0. The number of aryl methyl sites for hydroxylation is 1. The van der Waals surface area contributed by atoms with E-state index in [0.29, 0.717) is 37.7 Å².